The van der Waals surface area contributed by atoms with Crippen molar-refractivity contribution in [2.75, 3.05) is 20.3 Å². The van der Waals surface area contributed by atoms with Gasteiger partial charge in [-0.05, 0) is 40.2 Å². The molecule has 1 aromatic carbocycles. The Morgan fingerprint density at radius 3 is 2.69 bits per heavy atom. The smallest absolute Gasteiger partial charge is 0.416 e. The fraction of sp³-hybridized carbons (Fsp3) is 0.200. The summed E-state index contributed by atoms with van der Waals surface area (Å²) in [7, 11) is 1.60. The van der Waals surface area contributed by atoms with Crippen LogP contribution in [0.1, 0.15) is 5.56 Å². The molecule has 0 N–H and O–H groups in total. The van der Waals surface area contributed by atoms with Gasteiger partial charge in [0.2, 0.25) is 0 Å². The standard InChI is InChI=1S/C20H15BrF3N3O2/c1-28-6-7-29-14-4-5-27-17(11-25-18(27)10-14)16-3-2-12-8-13(20(22,23)24)9-15(21)19(12)26-16/h2-5,8-11H,6-7H2,1H3. The van der Waals surface area contributed by atoms with E-state index in [9.17, 15) is 13.2 Å². The molecule has 0 bridgehead atoms. The van der Waals surface area contributed by atoms with Gasteiger partial charge in [-0.25, -0.2) is 9.97 Å². The molecule has 0 unspecified atom stereocenters. The second-order valence-corrected chi connectivity index (χ2v) is 7.15. The third kappa shape index (κ3) is 3.92. The zero-order valence-electron chi connectivity index (χ0n) is 15.2. The predicted molar refractivity (Wildman–Crippen MR) is 106 cm³/mol. The number of methoxy groups -OCH3 is 1. The first-order chi connectivity index (χ1) is 13.9. The average molecular weight is 466 g/mol. The summed E-state index contributed by atoms with van der Waals surface area (Å²) in [6.45, 7) is 0.914. The molecule has 0 aliphatic carbocycles. The lowest BCUT2D eigenvalue weighted by Gasteiger charge is -2.10. The number of rotatable bonds is 5. The summed E-state index contributed by atoms with van der Waals surface area (Å²) in [5.41, 5.74) is 1.71. The Kier molecular flexibility index (Phi) is 5.18. The molecule has 4 rings (SSSR count). The normalized spacial score (nSPS) is 12.0. The van der Waals surface area contributed by atoms with Crippen LogP contribution in [0.3, 0.4) is 0 Å². The third-order valence-corrected chi connectivity index (χ3v) is 4.98. The second-order valence-electron chi connectivity index (χ2n) is 6.30. The Morgan fingerprint density at radius 1 is 1.10 bits per heavy atom. The molecule has 0 aliphatic heterocycles. The highest BCUT2D eigenvalue weighted by molar-refractivity contribution is 9.10. The van der Waals surface area contributed by atoms with E-state index in [0.29, 0.717) is 41.2 Å². The van der Waals surface area contributed by atoms with Crippen LogP contribution in [0, 0.1) is 0 Å². The summed E-state index contributed by atoms with van der Waals surface area (Å²) in [6, 6.07) is 9.04. The molecule has 4 aromatic rings. The lowest BCUT2D eigenvalue weighted by atomic mass is 10.1. The van der Waals surface area contributed by atoms with Crippen LogP contribution in [0.25, 0.3) is 27.9 Å². The molecule has 3 heterocycles. The Labute approximate surface area is 172 Å². The van der Waals surface area contributed by atoms with Gasteiger partial charge in [-0.15, -0.1) is 0 Å². The zero-order valence-corrected chi connectivity index (χ0v) is 16.8. The number of aromatic nitrogens is 3. The van der Waals surface area contributed by atoms with Gasteiger partial charge in [-0.1, -0.05) is 6.07 Å². The molecule has 3 aromatic heterocycles. The number of hydrogen-bond acceptors (Lipinski definition) is 4. The Hall–Kier alpha value is -2.65. The lowest BCUT2D eigenvalue weighted by Crippen LogP contribution is -2.05. The van der Waals surface area contributed by atoms with E-state index >= 15 is 0 Å². The lowest BCUT2D eigenvalue weighted by molar-refractivity contribution is -0.137. The van der Waals surface area contributed by atoms with E-state index in [1.54, 1.807) is 37.6 Å². The summed E-state index contributed by atoms with van der Waals surface area (Å²) in [5.74, 6) is 0.667. The Morgan fingerprint density at radius 2 is 1.93 bits per heavy atom. The van der Waals surface area contributed by atoms with Gasteiger partial charge in [0.25, 0.3) is 0 Å². The largest absolute Gasteiger partial charge is 0.491 e. The number of nitrogens with zero attached hydrogens (tertiary/aromatic N) is 3. The molecule has 150 valence electrons. The SMILES string of the molecule is COCCOc1ccn2c(-c3ccc4cc(C(F)(F)F)cc(Br)c4n3)cnc2c1. The van der Waals surface area contributed by atoms with Gasteiger partial charge in [0, 0.05) is 29.2 Å². The van der Waals surface area contributed by atoms with Crippen molar-refractivity contribution in [1.29, 1.82) is 0 Å². The van der Waals surface area contributed by atoms with E-state index in [0.717, 1.165) is 17.8 Å². The minimum atomic E-state index is -4.42. The van der Waals surface area contributed by atoms with Crippen molar-refractivity contribution in [2.24, 2.45) is 0 Å². The van der Waals surface area contributed by atoms with Gasteiger partial charge >= 0.3 is 6.18 Å². The fourth-order valence-corrected chi connectivity index (χ4v) is 3.55. The van der Waals surface area contributed by atoms with Gasteiger partial charge in [-0.3, -0.25) is 4.40 Å². The number of pyridine rings is 2. The van der Waals surface area contributed by atoms with Gasteiger partial charge in [-0.2, -0.15) is 13.2 Å². The highest BCUT2D eigenvalue weighted by atomic mass is 79.9. The van der Waals surface area contributed by atoms with Crippen molar-refractivity contribution >= 4 is 32.5 Å². The van der Waals surface area contributed by atoms with Crippen molar-refractivity contribution in [3.63, 3.8) is 0 Å². The number of imidazole rings is 1. The molecule has 29 heavy (non-hydrogen) atoms. The minimum Gasteiger partial charge on any atom is -0.491 e. The molecule has 0 aliphatic rings. The van der Waals surface area contributed by atoms with Crippen molar-refractivity contribution < 1.29 is 22.6 Å². The molecule has 0 fully saturated rings. The second kappa shape index (κ2) is 7.64. The molecule has 0 spiro atoms. The predicted octanol–water partition coefficient (Wildman–Crippen LogP) is 5.36. The third-order valence-electron chi connectivity index (χ3n) is 4.38. The van der Waals surface area contributed by atoms with Crippen LogP contribution in [-0.2, 0) is 10.9 Å². The van der Waals surface area contributed by atoms with Crippen LogP contribution in [0.5, 0.6) is 5.75 Å². The van der Waals surface area contributed by atoms with Gasteiger partial charge in [0.15, 0.2) is 0 Å². The number of ether oxygens (including phenoxy) is 2. The number of hydrogen-bond donors (Lipinski definition) is 0. The maximum absolute atomic E-state index is 13.0. The first kappa shape index (κ1) is 19.7. The summed E-state index contributed by atoms with van der Waals surface area (Å²) in [6.07, 6.45) is -0.937. The van der Waals surface area contributed by atoms with Crippen LogP contribution in [0.15, 0.2) is 53.3 Å². The van der Waals surface area contributed by atoms with Crippen LogP contribution in [-0.4, -0.2) is 34.7 Å². The van der Waals surface area contributed by atoms with E-state index in [-0.39, 0.29) is 4.47 Å². The molecule has 0 radical (unpaired) electrons. The van der Waals surface area contributed by atoms with Crippen molar-refractivity contribution in [1.82, 2.24) is 14.4 Å². The monoisotopic (exact) mass is 465 g/mol. The van der Waals surface area contributed by atoms with Crippen LogP contribution >= 0.6 is 15.9 Å². The molecule has 0 saturated carbocycles. The number of benzene rings is 1. The first-order valence-electron chi connectivity index (χ1n) is 8.63. The molecular formula is C20H15BrF3N3O2. The van der Waals surface area contributed by atoms with Gasteiger partial charge < -0.3 is 9.47 Å². The van der Waals surface area contributed by atoms with Gasteiger partial charge in [0.05, 0.1) is 35.3 Å². The highest BCUT2D eigenvalue weighted by Gasteiger charge is 2.31. The van der Waals surface area contributed by atoms with Gasteiger partial charge in [0.1, 0.15) is 18.0 Å². The minimum absolute atomic E-state index is 0.284. The van der Waals surface area contributed by atoms with Crippen molar-refractivity contribution in [3.05, 3.63) is 58.8 Å². The quantitative estimate of drug-likeness (QED) is 0.372. The van der Waals surface area contributed by atoms with Crippen molar-refractivity contribution in [2.45, 2.75) is 6.18 Å². The summed E-state index contributed by atoms with van der Waals surface area (Å²) >= 11 is 3.22. The van der Waals surface area contributed by atoms with E-state index in [1.807, 2.05) is 10.6 Å². The van der Waals surface area contributed by atoms with Crippen LogP contribution in [0.2, 0.25) is 0 Å². The van der Waals surface area contributed by atoms with E-state index in [4.69, 9.17) is 9.47 Å². The van der Waals surface area contributed by atoms with Crippen LogP contribution in [0.4, 0.5) is 13.2 Å². The molecule has 5 nitrogen and oxygen atoms in total. The summed E-state index contributed by atoms with van der Waals surface area (Å²) in [4.78, 5) is 8.93. The molecule has 0 saturated heterocycles. The fourth-order valence-electron chi connectivity index (χ4n) is 2.98. The average Bonchev–Trinajstić information content (AvgIpc) is 3.10. The number of fused-ring (bicyclic) bond motifs is 2. The number of alkyl halides is 3. The molecule has 0 amide bonds. The van der Waals surface area contributed by atoms with Crippen molar-refractivity contribution in [3.8, 4) is 17.1 Å². The van der Waals surface area contributed by atoms with E-state index in [2.05, 4.69) is 25.9 Å². The maximum atomic E-state index is 13.0. The molecule has 0 atom stereocenters. The first-order valence-corrected chi connectivity index (χ1v) is 9.43. The Bertz CT molecular complexity index is 1190. The van der Waals surface area contributed by atoms with E-state index in [1.165, 1.54) is 0 Å². The maximum Gasteiger partial charge on any atom is 0.416 e. The Balaban J connectivity index is 1.72. The van der Waals surface area contributed by atoms with Crippen LogP contribution < -0.4 is 4.74 Å². The zero-order chi connectivity index (χ0) is 20.6. The highest BCUT2D eigenvalue weighted by Crippen LogP contribution is 2.35. The molecular weight excluding hydrogens is 451 g/mol. The number of halogens is 4. The van der Waals surface area contributed by atoms with E-state index < -0.39 is 11.7 Å². The molecule has 9 heteroatoms. The summed E-state index contributed by atoms with van der Waals surface area (Å²) in [5, 5.41) is 0.401. The summed E-state index contributed by atoms with van der Waals surface area (Å²) < 4.78 is 51.8. The topological polar surface area (TPSA) is 48.7 Å².